The summed E-state index contributed by atoms with van der Waals surface area (Å²) in [6.07, 6.45) is 5.15. The number of amides is 1. The van der Waals surface area contributed by atoms with Gasteiger partial charge in [-0.05, 0) is 124 Å². The molecule has 19 heteroatoms. The normalized spacial score (nSPS) is 16.9. The largest absolute Gasteiger partial charge is 0.489 e. The molecule has 2 aliphatic carbocycles. The topological polar surface area (TPSA) is 176 Å². The molecule has 10 rings (SSSR count). The van der Waals surface area contributed by atoms with E-state index in [1.807, 2.05) is 58.3 Å². The minimum atomic E-state index is -4.28. The molecule has 1 amide bonds. The van der Waals surface area contributed by atoms with Crippen LogP contribution in [0.15, 0.2) is 46.9 Å². The molecular weight excluding hydrogens is 904 g/mol. The first-order valence-electron chi connectivity index (χ1n) is 22.3. The lowest BCUT2D eigenvalue weighted by Gasteiger charge is -2.27. The fraction of sp³-hybridized carbons (Fsp3) is 0.417. The van der Waals surface area contributed by atoms with E-state index >= 15 is 0 Å². The first-order chi connectivity index (χ1) is 32.1. The van der Waals surface area contributed by atoms with E-state index in [0.29, 0.717) is 51.0 Å². The van der Waals surface area contributed by atoms with Crippen molar-refractivity contribution < 1.29 is 37.3 Å². The first kappa shape index (κ1) is 45.9. The maximum Gasteiger partial charge on any atom is 0.390 e. The van der Waals surface area contributed by atoms with Gasteiger partial charge in [-0.1, -0.05) is 0 Å². The van der Waals surface area contributed by atoms with Crippen LogP contribution in [-0.4, -0.2) is 86.2 Å². The average molecular weight is 954 g/mol. The molecule has 6 aromatic rings. The molecule has 0 saturated heterocycles. The van der Waals surface area contributed by atoms with Crippen LogP contribution in [0, 0.1) is 11.8 Å². The fourth-order valence-electron chi connectivity index (χ4n) is 8.98. The third kappa shape index (κ3) is 9.93. The molecule has 0 saturated carbocycles. The third-order valence-electron chi connectivity index (χ3n) is 12.2. The van der Waals surface area contributed by atoms with Gasteiger partial charge in [-0.3, -0.25) is 19.6 Å². The van der Waals surface area contributed by atoms with E-state index in [4.69, 9.17) is 9.47 Å². The van der Waals surface area contributed by atoms with Crippen LogP contribution < -0.4 is 20.1 Å². The number of carboxylic acids is 1. The van der Waals surface area contributed by atoms with Crippen LogP contribution in [0.1, 0.15) is 90.1 Å². The second-order valence-corrected chi connectivity index (χ2v) is 19.9. The second-order valence-electron chi connectivity index (χ2n) is 17.8. The fourth-order valence-corrected chi connectivity index (χ4v) is 11.5. The van der Waals surface area contributed by atoms with Crippen molar-refractivity contribution in [2.24, 2.45) is 21.8 Å². The number of alkyl halides is 3. The van der Waals surface area contributed by atoms with Crippen LogP contribution in [0.5, 0.6) is 11.5 Å². The van der Waals surface area contributed by atoms with Crippen molar-refractivity contribution in [2.45, 2.75) is 104 Å². The van der Waals surface area contributed by atoms with Crippen LogP contribution in [0.4, 0.5) is 36.2 Å². The summed E-state index contributed by atoms with van der Waals surface area (Å²) in [7, 11) is 1.44. The smallest absolute Gasteiger partial charge is 0.390 e. The highest BCUT2D eigenvalue weighted by atomic mass is 32.1. The van der Waals surface area contributed by atoms with Crippen molar-refractivity contribution in [3.8, 4) is 11.5 Å². The van der Waals surface area contributed by atoms with Gasteiger partial charge >= 0.3 is 12.1 Å². The van der Waals surface area contributed by atoms with E-state index in [-0.39, 0.29) is 36.5 Å². The standard InChI is InChI=1S/C26H28F3N5O2S.C22H22N4O3S/c1-14(2)36-20-9-17-12-30-11-16(17)8-19(20)33-23-22-18-5-4-15(10-21(18)37-24(22)32-13-31-23)25(35)34(3)7-6-26(27,28)29;1-11(2)29-17-6-14-9-23-8-13(14)5-16(17)26-20-19-15-4-3-12(22(27)28)7-18(15)30-21(19)25-10-24-20/h8-9,11,13-15H,4-7,10,12H2,1-3H3,(H,31,32,33);5-6,8,10-12H,3-4,7,9H2,1-2H3,(H,27,28)(H,24,25,26)/t15-;12-/m00/s1. The number of halogens is 3. The zero-order valence-electron chi connectivity index (χ0n) is 37.7. The summed E-state index contributed by atoms with van der Waals surface area (Å²) in [5, 5.41) is 18.2. The van der Waals surface area contributed by atoms with E-state index < -0.39 is 18.6 Å². The number of fused-ring (bicyclic) bond motifs is 8. The summed E-state index contributed by atoms with van der Waals surface area (Å²) in [5.41, 5.74) is 8.27. The number of hydrogen-bond donors (Lipinski definition) is 3. The lowest BCUT2D eigenvalue weighted by Crippen LogP contribution is -2.37. The highest BCUT2D eigenvalue weighted by Crippen LogP contribution is 2.44. The molecule has 0 unspecified atom stereocenters. The summed E-state index contributed by atoms with van der Waals surface area (Å²) in [5.74, 6) is 1.26. The van der Waals surface area contributed by atoms with Crippen molar-refractivity contribution in [3.63, 3.8) is 0 Å². The number of aryl methyl sites for hydroxylation is 2. The Morgan fingerprint density at radius 2 is 1.24 bits per heavy atom. The van der Waals surface area contributed by atoms with Gasteiger partial charge in [0.2, 0.25) is 5.91 Å². The van der Waals surface area contributed by atoms with Crippen LogP contribution in [-0.2, 0) is 48.4 Å². The van der Waals surface area contributed by atoms with Gasteiger partial charge in [0.15, 0.2) is 0 Å². The van der Waals surface area contributed by atoms with Gasteiger partial charge in [0.05, 0.1) is 59.8 Å². The lowest BCUT2D eigenvalue weighted by atomic mass is 9.87. The van der Waals surface area contributed by atoms with E-state index in [9.17, 15) is 27.9 Å². The quantitative estimate of drug-likeness (QED) is 0.106. The van der Waals surface area contributed by atoms with E-state index in [1.165, 1.54) is 35.2 Å². The van der Waals surface area contributed by atoms with Gasteiger partial charge < -0.3 is 30.1 Å². The number of anilines is 4. The molecule has 4 aliphatic rings. The van der Waals surface area contributed by atoms with Crippen molar-refractivity contribution in [2.75, 3.05) is 24.2 Å². The number of aliphatic imine (C=N–C) groups is 2. The van der Waals surface area contributed by atoms with Gasteiger partial charge in [-0.25, -0.2) is 19.9 Å². The average Bonchev–Trinajstić information content (AvgIpc) is 4.09. The molecule has 2 atom stereocenters. The van der Waals surface area contributed by atoms with Crippen LogP contribution in [0.25, 0.3) is 20.4 Å². The molecule has 6 heterocycles. The molecule has 350 valence electrons. The van der Waals surface area contributed by atoms with Gasteiger partial charge in [0, 0.05) is 41.7 Å². The Kier molecular flexibility index (Phi) is 12.9. The number of carbonyl (C=O) groups excluding carboxylic acids is 1. The number of nitrogens with one attached hydrogen (secondary N) is 2. The second kappa shape index (κ2) is 18.8. The predicted molar refractivity (Wildman–Crippen MR) is 255 cm³/mol. The molecule has 0 fully saturated rings. The summed E-state index contributed by atoms with van der Waals surface area (Å²) in [4.78, 5) is 56.1. The number of benzene rings is 2. The molecule has 14 nitrogen and oxygen atoms in total. The molecule has 67 heavy (non-hydrogen) atoms. The number of rotatable bonds is 12. The molecule has 3 N–H and O–H groups in total. The number of aromatic nitrogens is 4. The number of thiophene rings is 2. The summed E-state index contributed by atoms with van der Waals surface area (Å²) >= 11 is 3.09. The van der Waals surface area contributed by atoms with Gasteiger partial charge in [0.25, 0.3) is 0 Å². The number of nitrogens with zero attached hydrogens (tertiary/aromatic N) is 7. The number of carboxylic acid groups (broad SMARTS) is 1. The Balaban J connectivity index is 0.000000171. The van der Waals surface area contributed by atoms with Gasteiger partial charge in [0.1, 0.15) is 45.5 Å². The molecule has 4 aromatic heterocycles. The maximum atomic E-state index is 12.9. The monoisotopic (exact) mass is 953 g/mol. The van der Waals surface area contributed by atoms with Crippen LogP contribution in [0.3, 0.4) is 0 Å². The summed E-state index contributed by atoms with van der Waals surface area (Å²) in [6.45, 7) is 8.93. The molecular formula is C48H50F3N9O5S2. The lowest BCUT2D eigenvalue weighted by molar-refractivity contribution is -0.146. The number of hydrogen-bond acceptors (Lipinski definition) is 14. The number of aliphatic carboxylic acids is 1. The first-order valence-corrected chi connectivity index (χ1v) is 24.0. The van der Waals surface area contributed by atoms with Crippen molar-refractivity contribution in [1.82, 2.24) is 24.8 Å². The highest BCUT2D eigenvalue weighted by Gasteiger charge is 2.34. The molecule has 0 spiro atoms. The van der Waals surface area contributed by atoms with Gasteiger partial charge in [-0.2, -0.15) is 13.2 Å². The SMILES string of the molecule is CC(C)Oc1cc2c(cc1Nc1ncnc3sc4c(c13)CC[C@H](C(=O)N(C)CCC(F)(F)F)C4)C=NC2.CC(C)Oc1cc2c(cc1Nc1ncnc3sc4c(c13)CC[C@H](C(=O)O)C4)C=NC2. The Morgan fingerprint density at radius 1 is 0.761 bits per heavy atom. The number of ether oxygens (including phenoxy) is 2. The zero-order chi connectivity index (χ0) is 47.1. The minimum absolute atomic E-state index is 0.0102. The Bertz CT molecular complexity index is 2950. The third-order valence-corrected chi connectivity index (χ3v) is 14.5. The number of carbonyl (C=O) groups is 2. The van der Waals surface area contributed by atoms with E-state index in [1.54, 1.807) is 17.7 Å². The molecule has 0 radical (unpaired) electrons. The van der Waals surface area contributed by atoms with Crippen molar-refractivity contribution >= 4 is 90.4 Å². The Hall–Kier alpha value is -6.21. The van der Waals surface area contributed by atoms with Crippen LogP contribution >= 0.6 is 22.7 Å². The molecule has 2 aromatic carbocycles. The maximum absolute atomic E-state index is 12.9. The van der Waals surface area contributed by atoms with E-state index in [0.717, 1.165) is 93.1 Å². The van der Waals surface area contributed by atoms with Crippen molar-refractivity contribution in [1.29, 1.82) is 0 Å². The summed E-state index contributed by atoms with van der Waals surface area (Å²) in [6, 6.07) is 8.12. The highest BCUT2D eigenvalue weighted by molar-refractivity contribution is 7.19. The minimum Gasteiger partial charge on any atom is -0.489 e. The van der Waals surface area contributed by atoms with E-state index in [2.05, 4.69) is 46.6 Å². The Morgan fingerprint density at radius 3 is 1.70 bits per heavy atom. The molecule has 2 aliphatic heterocycles. The zero-order valence-corrected chi connectivity index (χ0v) is 39.3. The van der Waals surface area contributed by atoms with Crippen molar-refractivity contribution in [3.05, 3.63) is 80.1 Å². The predicted octanol–water partition coefficient (Wildman–Crippen LogP) is 10.0. The van der Waals surface area contributed by atoms with Gasteiger partial charge in [-0.15, -0.1) is 22.7 Å². The Labute approximate surface area is 392 Å². The summed E-state index contributed by atoms with van der Waals surface area (Å²) < 4.78 is 50.0. The van der Waals surface area contributed by atoms with Crippen LogP contribution in [0.2, 0.25) is 0 Å². The molecule has 0 bridgehead atoms.